The van der Waals surface area contributed by atoms with Crippen molar-refractivity contribution in [3.63, 3.8) is 0 Å². The summed E-state index contributed by atoms with van der Waals surface area (Å²) in [4.78, 5) is 10.5. The first kappa shape index (κ1) is 28.9. The molecule has 4 nitrogen and oxygen atoms in total. The Morgan fingerprint density at radius 2 is 1.40 bits per heavy atom. The number of rotatable bonds is 3. The number of aryl methyl sites for hydroxylation is 1. The van der Waals surface area contributed by atoms with Crippen molar-refractivity contribution in [2.45, 2.75) is 45.6 Å². The summed E-state index contributed by atoms with van der Waals surface area (Å²) in [6.07, 6.45) is 8.81. The number of para-hydroxylation sites is 1. The zero-order valence-corrected chi connectivity index (χ0v) is 30.9. The Balaban J connectivity index is 0.000000157. The summed E-state index contributed by atoms with van der Waals surface area (Å²) in [5.41, 5.74) is 10.4. The third-order valence-electron chi connectivity index (χ3n) is 9.47. The van der Waals surface area contributed by atoms with Crippen LogP contribution in [0.5, 0.6) is 0 Å². The normalized spacial score (nSPS) is 15.0. The van der Waals surface area contributed by atoms with E-state index in [2.05, 4.69) is 83.0 Å². The van der Waals surface area contributed by atoms with Gasteiger partial charge >= 0.3 is 147 Å². The van der Waals surface area contributed by atoms with Gasteiger partial charge < -0.3 is 9.55 Å². The van der Waals surface area contributed by atoms with E-state index in [9.17, 15) is 0 Å². The van der Waals surface area contributed by atoms with Gasteiger partial charge in [-0.1, -0.05) is 48.6 Å². The minimum absolute atomic E-state index is 0. The molecule has 3 aromatic heterocycles. The van der Waals surface area contributed by atoms with Gasteiger partial charge in [0.05, 0.1) is 0 Å². The van der Waals surface area contributed by atoms with Crippen LogP contribution in [-0.2, 0) is 20.1 Å². The fourth-order valence-corrected chi connectivity index (χ4v) is 9.76. The Hall–Kier alpha value is -4.05. The molecule has 1 aliphatic carbocycles. The van der Waals surface area contributed by atoms with Crippen molar-refractivity contribution < 1.29 is 24.2 Å². The Bertz CT molecular complexity index is 2340. The largest absolute Gasteiger partial charge is 0.378 e. The maximum atomic E-state index is 8.13. The molecule has 0 atom stereocenters. The van der Waals surface area contributed by atoms with E-state index in [0.29, 0.717) is 6.04 Å². The van der Waals surface area contributed by atoms with Crippen molar-refractivity contribution in [3.05, 3.63) is 133 Å². The summed E-state index contributed by atoms with van der Waals surface area (Å²) in [5, 5.41) is 2.66. The van der Waals surface area contributed by atoms with Gasteiger partial charge in [-0.15, -0.1) is 23.8 Å². The van der Waals surface area contributed by atoms with Gasteiger partial charge in [0.15, 0.2) is 0 Å². The second-order valence-corrected chi connectivity index (χ2v) is 14.4. The van der Waals surface area contributed by atoms with E-state index in [-0.39, 0.29) is 35.1 Å². The van der Waals surface area contributed by atoms with Crippen LogP contribution < -0.4 is 13.8 Å². The fraction of sp³-hybridized carbons (Fsp3) is 0.190. The molecule has 48 heavy (non-hydrogen) atoms. The van der Waals surface area contributed by atoms with Gasteiger partial charge in [0.1, 0.15) is 0 Å². The van der Waals surface area contributed by atoms with E-state index in [1.807, 2.05) is 54.7 Å². The second kappa shape index (κ2) is 13.8. The summed E-state index contributed by atoms with van der Waals surface area (Å²) in [5.74, 6) is 0. The minimum Gasteiger partial charge on any atom is -0.378 e. The number of nitrogens with zero attached hydrogens (tertiary/aromatic N) is 4. The molecule has 2 aliphatic rings. The van der Waals surface area contributed by atoms with Gasteiger partial charge in [-0.25, -0.2) is 0 Å². The van der Waals surface area contributed by atoms with Gasteiger partial charge in [-0.2, -0.15) is 0 Å². The van der Waals surface area contributed by atoms with E-state index < -0.39 is 6.98 Å². The van der Waals surface area contributed by atoms with Gasteiger partial charge in [-0.05, 0) is 41.6 Å². The Labute approximate surface area is 307 Å². The average Bonchev–Trinajstić information content (AvgIpc) is 3.79. The summed E-state index contributed by atoms with van der Waals surface area (Å²) in [7, 11) is 0. The van der Waals surface area contributed by atoms with Gasteiger partial charge in [-0.3, -0.25) is 0 Å². The molecule has 4 aromatic carbocycles. The molecular formula is C42H36IrN4Se-2. The Morgan fingerprint density at radius 3 is 2.12 bits per heavy atom. The van der Waals surface area contributed by atoms with E-state index in [1.54, 1.807) is 12.3 Å². The SMILES string of the molecule is [2H]C([2H])([2H])N1c2cc[c-]c(-c3ccccn3)c2[Se]c2c1ccc(C)c2C.[Ir].[c-]1ccc2c3ccccc3n(C3CCCC3)c2c1-c1ccccn1. The van der Waals surface area contributed by atoms with Crippen molar-refractivity contribution in [1.29, 1.82) is 0 Å². The molecule has 0 spiro atoms. The first-order valence-corrected chi connectivity index (χ1v) is 17.9. The van der Waals surface area contributed by atoms with E-state index in [4.69, 9.17) is 4.11 Å². The predicted octanol–water partition coefficient (Wildman–Crippen LogP) is 8.67. The molecule has 0 unspecified atom stereocenters. The summed E-state index contributed by atoms with van der Waals surface area (Å²) >= 11 is -0.0207. The molecule has 1 radical (unpaired) electrons. The minimum atomic E-state index is -2.26. The smallest absolute Gasteiger partial charge is 0.0393 e. The van der Waals surface area contributed by atoms with Crippen molar-refractivity contribution >= 4 is 57.1 Å². The van der Waals surface area contributed by atoms with Crippen molar-refractivity contribution in [2.24, 2.45) is 0 Å². The predicted molar refractivity (Wildman–Crippen MR) is 197 cm³/mol. The third-order valence-corrected chi connectivity index (χ3v) is 12.3. The second-order valence-electron chi connectivity index (χ2n) is 12.2. The molecule has 0 bridgehead atoms. The molecule has 0 saturated heterocycles. The molecule has 1 aliphatic heterocycles. The number of fused-ring (bicyclic) bond motifs is 5. The van der Waals surface area contributed by atoms with Crippen molar-refractivity contribution in [2.75, 3.05) is 11.9 Å². The van der Waals surface area contributed by atoms with Gasteiger partial charge in [0, 0.05) is 37.9 Å². The molecule has 1 saturated carbocycles. The van der Waals surface area contributed by atoms with Crippen LogP contribution in [0.4, 0.5) is 11.4 Å². The summed E-state index contributed by atoms with van der Waals surface area (Å²) in [6.45, 7) is 1.88. The maximum Gasteiger partial charge on any atom is 0.0393 e. The first-order valence-electron chi connectivity index (χ1n) is 17.7. The fourth-order valence-electron chi connectivity index (χ4n) is 7.00. The van der Waals surface area contributed by atoms with Crippen molar-refractivity contribution in [1.82, 2.24) is 14.5 Å². The zero-order valence-electron chi connectivity index (χ0n) is 29.8. The van der Waals surface area contributed by atoms with Crippen LogP contribution in [-0.4, -0.2) is 36.5 Å². The van der Waals surface area contributed by atoms with E-state index in [1.165, 1.54) is 63.5 Å². The number of pyridine rings is 2. The molecule has 7 aromatic rings. The molecular weight excluding hydrogens is 832 g/mol. The van der Waals surface area contributed by atoms with Crippen LogP contribution in [0.3, 0.4) is 0 Å². The van der Waals surface area contributed by atoms with Gasteiger partial charge in [0.2, 0.25) is 0 Å². The van der Waals surface area contributed by atoms with E-state index in [0.717, 1.165) is 42.8 Å². The molecule has 4 heterocycles. The number of hydrogen-bond donors (Lipinski definition) is 0. The van der Waals surface area contributed by atoms with Crippen LogP contribution in [0.25, 0.3) is 44.3 Å². The summed E-state index contributed by atoms with van der Waals surface area (Å²) in [6, 6.07) is 39.8. The van der Waals surface area contributed by atoms with Crippen molar-refractivity contribution in [3.8, 4) is 22.5 Å². The average molecular weight is 871 g/mol. The number of hydrogen-bond acceptors (Lipinski definition) is 3. The molecule has 0 N–H and O–H groups in total. The van der Waals surface area contributed by atoms with Crippen LogP contribution in [0.1, 0.15) is 47.0 Å². The summed E-state index contributed by atoms with van der Waals surface area (Å²) < 4.78 is 29.1. The first-order chi connectivity index (χ1) is 24.3. The quantitative estimate of drug-likeness (QED) is 0.132. The van der Waals surface area contributed by atoms with Crippen LogP contribution in [0.15, 0.2) is 109 Å². The maximum absolute atomic E-state index is 8.13. The van der Waals surface area contributed by atoms with Crippen LogP contribution in [0.2, 0.25) is 0 Å². The van der Waals surface area contributed by atoms with E-state index >= 15 is 0 Å². The Kier molecular flexibility index (Phi) is 8.33. The molecule has 1 fully saturated rings. The molecule has 241 valence electrons. The Morgan fingerprint density at radius 1 is 0.729 bits per heavy atom. The number of anilines is 2. The van der Waals surface area contributed by atoms with Crippen LogP contribution in [0, 0.1) is 26.0 Å². The molecule has 0 amide bonds. The topological polar surface area (TPSA) is 34.0 Å². The monoisotopic (exact) mass is 872 g/mol. The standard InChI is InChI=1S/C22H19N2.C20H17N2Se.Ir/c1-2-9-16(8-1)24-21-14-4-3-10-17(21)18-11-7-12-19(22(18)24)20-13-5-6-15-23-20;1-13-10-11-18-19(14(13)2)23-20-15(16-8-4-5-12-21-16)7-6-9-17(20)22(18)3;/h3-7,10-11,13-16H,1-2,8-9H2;4-6,8-12H,1-3H3;/q2*-1;/i;3D3;. The van der Waals surface area contributed by atoms with Gasteiger partial charge in [0.25, 0.3) is 0 Å². The van der Waals surface area contributed by atoms with Crippen LogP contribution >= 0.6 is 0 Å². The number of aromatic nitrogens is 3. The third kappa shape index (κ3) is 5.71. The number of benzene rings is 4. The zero-order chi connectivity index (χ0) is 34.4. The molecule has 9 rings (SSSR count). The molecule has 6 heteroatoms.